The molecule has 0 aliphatic carbocycles. The maximum absolute atomic E-state index is 10.9. The van der Waals surface area contributed by atoms with Crippen molar-refractivity contribution in [3.8, 4) is 0 Å². The van der Waals surface area contributed by atoms with E-state index >= 15 is 0 Å². The summed E-state index contributed by atoms with van der Waals surface area (Å²) in [6, 6.07) is -0.653. The Morgan fingerprint density at radius 3 is 2.47 bits per heavy atom. The van der Waals surface area contributed by atoms with Gasteiger partial charge in [-0.05, 0) is 6.92 Å². The maximum Gasteiger partial charge on any atom is 0.217 e. The third-order valence-electron chi connectivity index (χ3n) is 2.54. The Hall–Kier alpha value is -0.690. The molecule has 0 radical (unpaired) electrons. The highest BCUT2D eigenvalue weighted by Crippen LogP contribution is 2.20. The van der Waals surface area contributed by atoms with Crippen molar-refractivity contribution in [2.75, 3.05) is 6.61 Å². The minimum atomic E-state index is -1.19. The molecule has 88 valence electrons. The predicted molar refractivity (Wildman–Crippen MR) is 51.0 cm³/mol. The molecule has 0 aromatic carbocycles. The molecule has 0 saturated carbocycles. The Morgan fingerprint density at radius 2 is 2.00 bits per heavy atom. The lowest BCUT2D eigenvalue weighted by atomic mass is 9.93. The molecule has 0 bridgehead atoms. The van der Waals surface area contributed by atoms with Gasteiger partial charge in [-0.2, -0.15) is 0 Å². The summed E-state index contributed by atoms with van der Waals surface area (Å²) in [6.07, 6.45) is -3.58. The number of carbonyl (C=O) groups is 1. The van der Waals surface area contributed by atoms with Gasteiger partial charge in [0.25, 0.3) is 0 Å². The first-order chi connectivity index (χ1) is 6.97. The number of aliphatic hydroxyl groups excluding tert-OH is 3. The van der Waals surface area contributed by atoms with Gasteiger partial charge in [-0.1, -0.05) is 0 Å². The average Bonchev–Trinajstić information content (AvgIpc) is 2.18. The van der Waals surface area contributed by atoms with Crippen LogP contribution >= 0.6 is 0 Å². The van der Waals surface area contributed by atoms with Crippen LogP contribution in [-0.4, -0.2) is 58.3 Å². The number of amides is 1. The minimum Gasteiger partial charge on any atom is -0.394 e. The van der Waals surface area contributed by atoms with Crippen molar-refractivity contribution in [2.24, 2.45) is 0 Å². The van der Waals surface area contributed by atoms with Gasteiger partial charge in [0, 0.05) is 6.92 Å². The maximum atomic E-state index is 10.9. The van der Waals surface area contributed by atoms with Crippen LogP contribution in [0.5, 0.6) is 0 Å². The first-order valence-corrected chi connectivity index (χ1v) is 4.87. The molecule has 1 heterocycles. The highest BCUT2D eigenvalue weighted by Gasteiger charge is 2.42. The van der Waals surface area contributed by atoms with E-state index in [9.17, 15) is 15.0 Å². The molecule has 1 amide bonds. The monoisotopic (exact) mass is 219 g/mol. The number of rotatable bonds is 2. The number of aliphatic hydroxyl groups is 3. The third-order valence-corrected chi connectivity index (χ3v) is 2.54. The van der Waals surface area contributed by atoms with Gasteiger partial charge in [0.05, 0.1) is 18.8 Å². The fourth-order valence-corrected chi connectivity index (χ4v) is 1.74. The standard InChI is InChI=1S/C9H17NO5/c1-4-7(10-5(2)12)9(14)8(13)6(3-11)15-4/h4,6-9,11,13-14H,3H2,1-2H3,(H,10,12)/t4?,6?,7?,8-,9+/m0/s1. The van der Waals surface area contributed by atoms with Gasteiger partial charge >= 0.3 is 0 Å². The molecule has 1 aliphatic rings. The molecule has 1 fully saturated rings. The van der Waals surface area contributed by atoms with E-state index in [0.717, 1.165) is 0 Å². The van der Waals surface area contributed by atoms with Crippen molar-refractivity contribution in [1.82, 2.24) is 5.32 Å². The highest BCUT2D eigenvalue weighted by atomic mass is 16.5. The van der Waals surface area contributed by atoms with Crippen LogP contribution in [0.25, 0.3) is 0 Å². The summed E-state index contributed by atoms with van der Waals surface area (Å²) < 4.78 is 5.26. The van der Waals surface area contributed by atoms with Crippen LogP contribution in [0.4, 0.5) is 0 Å². The van der Waals surface area contributed by atoms with Crippen molar-refractivity contribution in [3.63, 3.8) is 0 Å². The molecule has 3 unspecified atom stereocenters. The normalized spacial score (nSPS) is 41.3. The van der Waals surface area contributed by atoms with Gasteiger partial charge in [-0.15, -0.1) is 0 Å². The van der Waals surface area contributed by atoms with E-state index in [4.69, 9.17) is 9.84 Å². The second-order valence-electron chi connectivity index (χ2n) is 3.77. The summed E-state index contributed by atoms with van der Waals surface area (Å²) in [4.78, 5) is 10.9. The summed E-state index contributed by atoms with van der Waals surface area (Å²) in [5, 5.41) is 30.6. The molecule has 6 nitrogen and oxygen atoms in total. The zero-order valence-electron chi connectivity index (χ0n) is 8.75. The molecule has 1 rings (SSSR count). The topological polar surface area (TPSA) is 99.0 Å². The van der Waals surface area contributed by atoms with E-state index in [0.29, 0.717) is 0 Å². The summed E-state index contributed by atoms with van der Waals surface area (Å²) in [5.41, 5.74) is 0. The summed E-state index contributed by atoms with van der Waals surface area (Å²) in [6.45, 7) is 2.62. The molecule has 0 spiro atoms. The minimum absolute atomic E-state index is 0.302. The van der Waals surface area contributed by atoms with Crippen LogP contribution in [-0.2, 0) is 9.53 Å². The molecule has 0 aromatic heterocycles. The molecule has 4 N–H and O–H groups in total. The molecule has 5 atom stereocenters. The van der Waals surface area contributed by atoms with E-state index < -0.39 is 30.5 Å². The van der Waals surface area contributed by atoms with Crippen LogP contribution in [0, 0.1) is 0 Å². The summed E-state index contributed by atoms with van der Waals surface area (Å²) in [5.74, 6) is -0.302. The Balaban J connectivity index is 2.70. The fraction of sp³-hybridized carbons (Fsp3) is 0.889. The van der Waals surface area contributed by atoms with Crippen LogP contribution in [0.15, 0.2) is 0 Å². The lowest BCUT2D eigenvalue weighted by Gasteiger charge is -2.41. The van der Waals surface area contributed by atoms with E-state index in [1.807, 2.05) is 0 Å². The Kier molecular flexibility index (Phi) is 4.04. The molecule has 15 heavy (non-hydrogen) atoms. The Labute approximate surface area is 87.9 Å². The van der Waals surface area contributed by atoms with Crippen molar-refractivity contribution < 1.29 is 24.9 Å². The molecule has 1 saturated heterocycles. The van der Waals surface area contributed by atoms with Crippen molar-refractivity contribution in [3.05, 3.63) is 0 Å². The predicted octanol–water partition coefficient (Wildman–Crippen LogP) is -2.01. The Morgan fingerprint density at radius 1 is 1.40 bits per heavy atom. The molecular weight excluding hydrogens is 202 g/mol. The molecule has 6 heteroatoms. The fourth-order valence-electron chi connectivity index (χ4n) is 1.74. The first kappa shape index (κ1) is 12.4. The Bertz CT molecular complexity index is 235. The number of carbonyl (C=O) groups excluding carboxylic acids is 1. The van der Waals surface area contributed by atoms with Crippen molar-refractivity contribution in [1.29, 1.82) is 0 Å². The van der Waals surface area contributed by atoms with E-state index in [-0.39, 0.29) is 12.5 Å². The van der Waals surface area contributed by atoms with Gasteiger partial charge in [0.1, 0.15) is 18.3 Å². The van der Waals surface area contributed by atoms with E-state index in [1.54, 1.807) is 6.92 Å². The zero-order valence-corrected chi connectivity index (χ0v) is 8.75. The van der Waals surface area contributed by atoms with Gasteiger partial charge < -0.3 is 25.4 Å². The summed E-state index contributed by atoms with van der Waals surface area (Å²) >= 11 is 0. The van der Waals surface area contributed by atoms with Crippen molar-refractivity contribution >= 4 is 5.91 Å². The van der Waals surface area contributed by atoms with Crippen LogP contribution in [0.1, 0.15) is 13.8 Å². The largest absolute Gasteiger partial charge is 0.394 e. The van der Waals surface area contributed by atoms with Crippen LogP contribution in [0.2, 0.25) is 0 Å². The molecule has 0 aromatic rings. The lowest BCUT2D eigenvalue weighted by molar-refractivity contribution is -0.190. The van der Waals surface area contributed by atoms with Gasteiger partial charge in [-0.3, -0.25) is 4.79 Å². The molecular formula is C9H17NO5. The number of hydrogen-bond acceptors (Lipinski definition) is 5. The van der Waals surface area contributed by atoms with Gasteiger partial charge in [-0.25, -0.2) is 0 Å². The lowest BCUT2D eigenvalue weighted by Crippen LogP contribution is -2.63. The summed E-state index contributed by atoms with van der Waals surface area (Å²) in [7, 11) is 0. The highest BCUT2D eigenvalue weighted by molar-refractivity contribution is 5.73. The number of ether oxygens (including phenoxy) is 1. The molecule has 1 aliphatic heterocycles. The van der Waals surface area contributed by atoms with E-state index in [2.05, 4.69) is 5.32 Å². The van der Waals surface area contributed by atoms with Crippen LogP contribution in [0.3, 0.4) is 0 Å². The second-order valence-corrected chi connectivity index (χ2v) is 3.77. The second kappa shape index (κ2) is 4.89. The zero-order chi connectivity index (χ0) is 11.6. The van der Waals surface area contributed by atoms with Crippen molar-refractivity contribution in [2.45, 2.75) is 44.3 Å². The quantitative estimate of drug-likeness (QED) is 0.430. The van der Waals surface area contributed by atoms with Gasteiger partial charge in [0.15, 0.2) is 0 Å². The SMILES string of the molecule is CC(=O)NC1C(C)OC(CO)[C@H](O)[C@@H]1O. The number of nitrogens with one attached hydrogen (secondary N) is 1. The number of hydrogen-bond donors (Lipinski definition) is 4. The van der Waals surface area contributed by atoms with E-state index in [1.165, 1.54) is 6.92 Å². The van der Waals surface area contributed by atoms with Crippen LogP contribution < -0.4 is 5.32 Å². The first-order valence-electron chi connectivity index (χ1n) is 4.87. The average molecular weight is 219 g/mol. The smallest absolute Gasteiger partial charge is 0.217 e. The third kappa shape index (κ3) is 2.66. The van der Waals surface area contributed by atoms with Gasteiger partial charge in [0.2, 0.25) is 5.91 Å².